The first-order valence-corrected chi connectivity index (χ1v) is 13.5. The van der Waals surface area contributed by atoms with Crippen LogP contribution in [0.15, 0.2) is 110 Å². The molecule has 0 radical (unpaired) electrons. The van der Waals surface area contributed by atoms with Crippen molar-refractivity contribution < 1.29 is 19.0 Å². The molecule has 0 aliphatic carbocycles. The van der Waals surface area contributed by atoms with E-state index in [-0.39, 0.29) is 35.1 Å². The number of hydrogen-bond donors (Lipinski definition) is 0. The van der Waals surface area contributed by atoms with Gasteiger partial charge in [-0.15, -0.1) is 0 Å². The average molecular weight is 640 g/mol. The normalized spacial score (nSPS) is 11.4. The molecule has 212 valence electrons. The van der Waals surface area contributed by atoms with Gasteiger partial charge in [0, 0.05) is 33.6 Å². The predicted octanol–water partition coefficient (Wildman–Crippen LogP) is 6.85. The van der Waals surface area contributed by atoms with Gasteiger partial charge in [0.25, 0.3) is 11.2 Å². The highest BCUT2D eigenvalue weighted by atomic mass is 79.9. The van der Waals surface area contributed by atoms with E-state index < -0.39 is 15.4 Å². The summed E-state index contributed by atoms with van der Waals surface area (Å²) in [4.78, 5) is 40.1. The van der Waals surface area contributed by atoms with Crippen molar-refractivity contribution in [1.82, 2.24) is 9.66 Å². The smallest absolute Gasteiger partial charge is 0.312 e. The molecule has 0 spiro atoms. The van der Waals surface area contributed by atoms with E-state index >= 15 is 0 Å². The lowest BCUT2D eigenvalue weighted by atomic mass is 10.1. The summed E-state index contributed by atoms with van der Waals surface area (Å²) in [7, 11) is 0. The molecule has 0 atom stereocenters. The molecule has 0 aliphatic rings. The number of nitro groups is 2. The number of para-hydroxylation sites is 2. The van der Waals surface area contributed by atoms with Gasteiger partial charge in [0.2, 0.25) is 11.6 Å². The first kappa shape index (κ1) is 27.5. The second-order valence-electron chi connectivity index (χ2n) is 9.28. The quantitative estimate of drug-likeness (QED) is 0.0994. The highest BCUT2D eigenvalue weighted by Gasteiger charge is 2.22. The number of benzene rings is 4. The zero-order valence-electron chi connectivity index (χ0n) is 21.9. The minimum Gasteiger partial charge on any atom is -0.481 e. The van der Waals surface area contributed by atoms with Gasteiger partial charge in [-0.05, 0) is 48.0 Å². The molecule has 0 bridgehead atoms. The lowest BCUT2D eigenvalue weighted by Crippen LogP contribution is -2.20. The van der Waals surface area contributed by atoms with Crippen LogP contribution in [0.4, 0.5) is 11.4 Å². The van der Waals surface area contributed by atoms with Gasteiger partial charge in [-0.1, -0.05) is 46.3 Å². The maximum atomic E-state index is 13.6. The summed E-state index contributed by atoms with van der Waals surface area (Å²) in [5.41, 5.74) is 0.862. The molecule has 2 heterocycles. The van der Waals surface area contributed by atoms with E-state index in [4.69, 9.17) is 9.15 Å². The Balaban J connectivity index is 1.46. The van der Waals surface area contributed by atoms with Crippen LogP contribution in [0.1, 0.15) is 11.1 Å². The maximum Gasteiger partial charge on any atom is 0.312 e. The van der Waals surface area contributed by atoms with Crippen LogP contribution in [0.3, 0.4) is 0 Å². The second-order valence-corrected chi connectivity index (χ2v) is 10.2. The summed E-state index contributed by atoms with van der Waals surface area (Å²) in [5.74, 6) is 0.326. The van der Waals surface area contributed by atoms with Crippen molar-refractivity contribution in [2.45, 2.75) is 6.61 Å². The van der Waals surface area contributed by atoms with Crippen molar-refractivity contribution in [3.63, 3.8) is 0 Å². The van der Waals surface area contributed by atoms with Crippen LogP contribution in [0, 0.1) is 20.2 Å². The number of halogens is 1. The lowest BCUT2D eigenvalue weighted by Gasteiger charge is -2.11. The third kappa shape index (κ3) is 5.48. The van der Waals surface area contributed by atoms with E-state index in [0.717, 1.165) is 10.1 Å². The molecular weight excluding hydrogens is 622 g/mol. The Kier molecular flexibility index (Phi) is 7.22. The largest absolute Gasteiger partial charge is 0.481 e. The number of non-ortho nitro benzene ring substituents is 1. The number of fused-ring (bicyclic) bond motifs is 2. The number of aromatic nitrogens is 2. The first-order chi connectivity index (χ1) is 20.8. The van der Waals surface area contributed by atoms with Gasteiger partial charge in [-0.25, -0.2) is 4.98 Å². The fraction of sp³-hybridized carbons (Fsp3) is 0.0333. The third-order valence-electron chi connectivity index (χ3n) is 6.50. The molecule has 6 aromatic rings. The minimum atomic E-state index is -0.600. The Morgan fingerprint density at radius 2 is 1.70 bits per heavy atom. The molecule has 0 amide bonds. The topological polar surface area (TPSA) is 156 Å². The van der Waals surface area contributed by atoms with Gasteiger partial charge in [-0.2, -0.15) is 9.78 Å². The third-order valence-corrected chi connectivity index (χ3v) is 6.96. The molecule has 2 aromatic heterocycles. The van der Waals surface area contributed by atoms with Crippen molar-refractivity contribution in [2.75, 3.05) is 0 Å². The zero-order valence-corrected chi connectivity index (χ0v) is 23.5. The zero-order chi connectivity index (χ0) is 30.1. The van der Waals surface area contributed by atoms with E-state index in [9.17, 15) is 25.0 Å². The van der Waals surface area contributed by atoms with Gasteiger partial charge in [0.15, 0.2) is 5.76 Å². The number of nitro benzene ring substituents is 2. The van der Waals surface area contributed by atoms with Crippen LogP contribution in [0.25, 0.3) is 33.5 Å². The van der Waals surface area contributed by atoms with Crippen molar-refractivity contribution in [2.24, 2.45) is 5.10 Å². The van der Waals surface area contributed by atoms with E-state index in [0.29, 0.717) is 32.3 Å². The summed E-state index contributed by atoms with van der Waals surface area (Å²) < 4.78 is 13.3. The average Bonchev–Trinajstić information content (AvgIpc) is 3.44. The van der Waals surface area contributed by atoms with Crippen molar-refractivity contribution in [3.05, 3.63) is 137 Å². The van der Waals surface area contributed by atoms with Crippen LogP contribution < -0.4 is 10.3 Å². The summed E-state index contributed by atoms with van der Waals surface area (Å²) in [6.45, 7) is -0.122. The van der Waals surface area contributed by atoms with Crippen molar-refractivity contribution >= 4 is 55.4 Å². The minimum absolute atomic E-state index is 0.0964. The summed E-state index contributed by atoms with van der Waals surface area (Å²) in [6, 6.07) is 24.4. The second kappa shape index (κ2) is 11.3. The van der Waals surface area contributed by atoms with Crippen molar-refractivity contribution in [1.29, 1.82) is 0 Å². The lowest BCUT2D eigenvalue weighted by molar-refractivity contribution is -0.386. The Bertz CT molecular complexity index is 2110. The van der Waals surface area contributed by atoms with E-state index in [1.807, 2.05) is 18.2 Å². The molecule has 0 aliphatic heterocycles. The van der Waals surface area contributed by atoms with Crippen molar-refractivity contribution in [3.8, 4) is 17.3 Å². The van der Waals surface area contributed by atoms with E-state index in [1.54, 1.807) is 42.5 Å². The Morgan fingerprint density at radius 3 is 2.44 bits per heavy atom. The van der Waals surface area contributed by atoms with E-state index in [1.165, 1.54) is 36.5 Å². The molecule has 0 unspecified atom stereocenters. The molecule has 0 saturated carbocycles. The molecule has 12 nitrogen and oxygen atoms in total. The van der Waals surface area contributed by atoms with Crippen LogP contribution in [0.2, 0.25) is 0 Å². The Morgan fingerprint density at radius 1 is 0.953 bits per heavy atom. The first-order valence-electron chi connectivity index (χ1n) is 12.7. The van der Waals surface area contributed by atoms with Gasteiger partial charge in [0.05, 0.1) is 27.0 Å². The fourth-order valence-electron chi connectivity index (χ4n) is 4.46. The molecule has 0 saturated heterocycles. The number of rotatable bonds is 8. The Labute approximate surface area is 249 Å². The van der Waals surface area contributed by atoms with Crippen LogP contribution in [0.5, 0.6) is 5.75 Å². The van der Waals surface area contributed by atoms with Gasteiger partial charge < -0.3 is 9.15 Å². The molecule has 4 aromatic carbocycles. The number of hydrogen-bond acceptors (Lipinski definition) is 9. The molecule has 0 fully saturated rings. The monoisotopic (exact) mass is 639 g/mol. The van der Waals surface area contributed by atoms with Gasteiger partial charge in [0.1, 0.15) is 12.2 Å². The molecule has 43 heavy (non-hydrogen) atoms. The Hall–Kier alpha value is -5.69. The summed E-state index contributed by atoms with van der Waals surface area (Å²) >= 11 is 3.30. The van der Waals surface area contributed by atoms with Crippen LogP contribution in [-0.4, -0.2) is 25.7 Å². The number of ether oxygens (including phenoxy) is 1. The highest BCUT2D eigenvalue weighted by Crippen LogP contribution is 2.35. The SMILES string of the molecule is O=c1c2ccccc2nc(-c2cc3ccccc3o2)n1N=Cc1cc(Br)cc([N+](=O)[O-])c1OCc1ccc([N+](=O)[O-])cc1. The maximum absolute atomic E-state index is 13.6. The van der Waals surface area contributed by atoms with E-state index in [2.05, 4.69) is 26.0 Å². The van der Waals surface area contributed by atoms with Gasteiger partial charge in [-0.3, -0.25) is 25.0 Å². The fourth-order valence-corrected chi connectivity index (χ4v) is 4.92. The molecular formula is C30H18BrN5O7. The van der Waals surface area contributed by atoms with Crippen LogP contribution in [-0.2, 0) is 6.61 Å². The molecule has 6 rings (SSSR count). The standard InChI is InChI=1S/C30H18BrN5O7/c31-21-13-20(28(25(15-21)36(40)41)42-17-18-9-11-22(12-10-18)35(38)39)16-32-34-29(27-14-19-5-1-4-8-26(19)43-27)33-24-7-3-2-6-23(24)30(34)37/h1-16H,17H2. The summed E-state index contributed by atoms with van der Waals surface area (Å²) in [5, 5.41) is 28.5. The highest BCUT2D eigenvalue weighted by molar-refractivity contribution is 9.10. The molecule has 0 N–H and O–H groups in total. The van der Waals surface area contributed by atoms with Crippen LogP contribution >= 0.6 is 15.9 Å². The number of furan rings is 1. The summed E-state index contributed by atoms with van der Waals surface area (Å²) in [6.07, 6.45) is 1.27. The number of nitrogens with zero attached hydrogens (tertiary/aromatic N) is 5. The van der Waals surface area contributed by atoms with Gasteiger partial charge >= 0.3 is 5.69 Å². The predicted molar refractivity (Wildman–Crippen MR) is 162 cm³/mol. The molecule has 13 heteroatoms.